The van der Waals surface area contributed by atoms with Gasteiger partial charge in [0.1, 0.15) is 22.8 Å². The number of rotatable bonds is 2. The summed E-state index contributed by atoms with van der Waals surface area (Å²) in [4.78, 5) is 12.9. The van der Waals surface area contributed by atoms with Crippen molar-refractivity contribution >= 4 is 5.78 Å². The van der Waals surface area contributed by atoms with Crippen molar-refractivity contribution in [2.45, 2.75) is 20.3 Å². The number of hydrogen-bond acceptors (Lipinski definition) is 6. The number of phenolic OH excluding ortho intramolecular Hbond substituents is 2. The van der Waals surface area contributed by atoms with E-state index in [0.717, 1.165) is 5.56 Å². The van der Waals surface area contributed by atoms with E-state index in [4.69, 9.17) is 14.2 Å². The molecular formula is C19H18O6. The molecule has 2 heterocycles. The van der Waals surface area contributed by atoms with Gasteiger partial charge in [0.25, 0.3) is 0 Å². The summed E-state index contributed by atoms with van der Waals surface area (Å²) >= 11 is 0. The van der Waals surface area contributed by atoms with E-state index in [2.05, 4.69) is 0 Å². The summed E-state index contributed by atoms with van der Waals surface area (Å²) in [6.07, 6.45) is 0.466. The quantitative estimate of drug-likeness (QED) is 0.873. The average Bonchev–Trinajstić information content (AvgIpc) is 3.07. The van der Waals surface area contributed by atoms with Crippen molar-refractivity contribution in [2.24, 2.45) is 5.92 Å². The maximum absolute atomic E-state index is 12.9. The Morgan fingerprint density at radius 3 is 2.60 bits per heavy atom. The fraction of sp³-hybridized carbons (Fsp3) is 0.316. The third-order valence-electron chi connectivity index (χ3n) is 4.84. The molecule has 130 valence electrons. The highest BCUT2D eigenvalue weighted by Gasteiger charge is 2.35. The lowest BCUT2D eigenvalue weighted by Crippen LogP contribution is -2.30. The minimum absolute atomic E-state index is 0.0433. The van der Waals surface area contributed by atoms with Crippen LogP contribution in [0.2, 0.25) is 0 Å². The van der Waals surface area contributed by atoms with Crippen LogP contribution in [0, 0.1) is 19.8 Å². The molecule has 4 rings (SSSR count). The Morgan fingerprint density at radius 2 is 1.80 bits per heavy atom. The second-order valence-electron chi connectivity index (χ2n) is 6.42. The molecule has 0 aliphatic carbocycles. The van der Waals surface area contributed by atoms with Crippen molar-refractivity contribution in [2.75, 3.05) is 13.4 Å². The number of benzene rings is 2. The minimum atomic E-state index is -0.415. The topological polar surface area (TPSA) is 85.2 Å². The third kappa shape index (κ3) is 2.36. The summed E-state index contributed by atoms with van der Waals surface area (Å²) in [5, 5.41) is 20.4. The first-order valence-corrected chi connectivity index (χ1v) is 8.08. The number of hydrogen-bond donors (Lipinski definition) is 2. The van der Waals surface area contributed by atoms with Crippen molar-refractivity contribution in [1.82, 2.24) is 0 Å². The van der Waals surface area contributed by atoms with E-state index in [1.807, 2.05) is 18.2 Å². The van der Waals surface area contributed by atoms with Crippen LogP contribution in [0.5, 0.6) is 28.7 Å². The first-order chi connectivity index (χ1) is 12.0. The standard InChI is InChI=1S/C19H18O6/c1-9-16(20)10(2)19-15(17(9)21)18(22)12(7-23-19)5-11-3-4-13-14(6-11)25-8-24-13/h3-4,6,12,20-21H,5,7-8H2,1-2H3/t12-/m0/s1. The van der Waals surface area contributed by atoms with Crippen LogP contribution in [0.1, 0.15) is 27.0 Å². The van der Waals surface area contributed by atoms with Crippen molar-refractivity contribution < 1.29 is 29.2 Å². The Kier molecular flexibility index (Phi) is 3.49. The van der Waals surface area contributed by atoms with Gasteiger partial charge in [0.2, 0.25) is 6.79 Å². The number of ketones is 1. The van der Waals surface area contributed by atoms with E-state index in [1.54, 1.807) is 13.8 Å². The predicted molar refractivity (Wildman–Crippen MR) is 88.8 cm³/mol. The molecule has 0 aromatic heterocycles. The SMILES string of the molecule is Cc1c(O)c(C)c2c(c1O)C(=O)[C@@H](Cc1ccc3c(c1)OCO3)CO2. The summed E-state index contributed by atoms with van der Waals surface area (Å²) in [5.41, 5.74) is 1.85. The summed E-state index contributed by atoms with van der Waals surface area (Å²) in [6, 6.07) is 5.57. The van der Waals surface area contributed by atoms with E-state index < -0.39 is 5.92 Å². The van der Waals surface area contributed by atoms with Gasteiger partial charge < -0.3 is 24.4 Å². The smallest absolute Gasteiger partial charge is 0.231 e. The van der Waals surface area contributed by atoms with E-state index in [9.17, 15) is 15.0 Å². The molecule has 2 aliphatic rings. The number of fused-ring (bicyclic) bond motifs is 2. The highest BCUT2D eigenvalue weighted by Crippen LogP contribution is 2.45. The number of phenols is 2. The molecule has 0 radical (unpaired) electrons. The van der Waals surface area contributed by atoms with Crippen LogP contribution in [-0.2, 0) is 6.42 Å². The molecule has 6 heteroatoms. The largest absolute Gasteiger partial charge is 0.507 e. The number of ether oxygens (including phenoxy) is 3. The van der Waals surface area contributed by atoms with Gasteiger partial charge >= 0.3 is 0 Å². The summed E-state index contributed by atoms with van der Waals surface area (Å²) in [5.74, 6) is 0.787. The normalized spacial score (nSPS) is 18.0. The van der Waals surface area contributed by atoms with Crippen LogP contribution in [0.15, 0.2) is 18.2 Å². The van der Waals surface area contributed by atoms with Crippen LogP contribution in [-0.4, -0.2) is 29.4 Å². The second-order valence-corrected chi connectivity index (χ2v) is 6.42. The lowest BCUT2D eigenvalue weighted by Gasteiger charge is -2.27. The van der Waals surface area contributed by atoms with Gasteiger partial charge in [0, 0.05) is 11.1 Å². The number of carbonyl (C=O) groups is 1. The molecule has 0 fully saturated rings. The van der Waals surface area contributed by atoms with E-state index in [-0.39, 0.29) is 47.6 Å². The lowest BCUT2D eigenvalue weighted by atomic mass is 9.87. The number of Topliss-reactive ketones (excluding diaryl/α,β-unsaturated/α-hetero) is 1. The van der Waals surface area contributed by atoms with Crippen LogP contribution in [0.3, 0.4) is 0 Å². The molecule has 2 aromatic carbocycles. The summed E-state index contributed by atoms with van der Waals surface area (Å²) in [6.45, 7) is 3.65. The third-order valence-corrected chi connectivity index (χ3v) is 4.84. The van der Waals surface area contributed by atoms with Crippen LogP contribution < -0.4 is 14.2 Å². The fourth-order valence-electron chi connectivity index (χ4n) is 3.36. The maximum Gasteiger partial charge on any atom is 0.231 e. The van der Waals surface area contributed by atoms with Gasteiger partial charge in [-0.25, -0.2) is 0 Å². The van der Waals surface area contributed by atoms with Crippen molar-refractivity contribution in [3.63, 3.8) is 0 Å². The van der Waals surface area contributed by atoms with Crippen LogP contribution >= 0.6 is 0 Å². The molecule has 0 saturated carbocycles. The zero-order valence-corrected chi connectivity index (χ0v) is 14.0. The first kappa shape index (κ1) is 15.6. The molecule has 2 aromatic rings. The van der Waals surface area contributed by atoms with Gasteiger partial charge in [0.15, 0.2) is 17.3 Å². The van der Waals surface area contributed by atoms with E-state index in [1.165, 1.54) is 0 Å². The maximum atomic E-state index is 12.9. The fourth-order valence-corrected chi connectivity index (χ4v) is 3.36. The molecule has 2 aliphatic heterocycles. The van der Waals surface area contributed by atoms with Gasteiger partial charge in [-0.3, -0.25) is 4.79 Å². The predicted octanol–water partition coefficient (Wildman–Crippen LogP) is 2.88. The van der Waals surface area contributed by atoms with Gasteiger partial charge in [0.05, 0.1) is 12.5 Å². The first-order valence-electron chi connectivity index (χ1n) is 8.08. The van der Waals surface area contributed by atoms with Crippen molar-refractivity contribution in [3.8, 4) is 28.7 Å². The zero-order valence-electron chi connectivity index (χ0n) is 14.0. The number of aromatic hydroxyl groups is 2. The Labute approximate surface area is 144 Å². The second kappa shape index (κ2) is 5.58. The summed E-state index contributed by atoms with van der Waals surface area (Å²) < 4.78 is 16.4. The van der Waals surface area contributed by atoms with E-state index in [0.29, 0.717) is 23.5 Å². The van der Waals surface area contributed by atoms with Gasteiger partial charge in [-0.2, -0.15) is 0 Å². The Balaban J connectivity index is 1.66. The molecule has 1 atom stereocenters. The van der Waals surface area contributed by atoms with Crippen LogP contribution in [0.25, 0.3) is 0 Å². The molecule has 0 amide bonds. The monoisotopic (exact) mass is 342 g/mol. The lowest BCUT2D eigenvalue weighted by molar-refractivity contribution is 0.0824. The average molecular weight is 342 g/mol. The Hall–Kier alpha value is -2.89. The summed E-state index contributed by atoms with van der Waals surface area (Å²) in [7, 11) is 0. The van der Waals surface area contributed by atoms with Crippen molar-refractivity contribution in [3.05, 3.63) is 40.5 Å². The Morgan fingerprint density at radius 1 is 1.04 bits per heavy atom. The molecule has 0 saturated heterocycles. The number of carbonyl (C=O) groups excluding carboxylic acids is 1. The minimum Gasteiger partial charge on any atom is -0.507 e. The molecule has 6 nitrogen and oxygen atoms in total. The molecular weight excluding hydrogens is 324 g/mol. The van der Waals surface area contributed by atoms with Gasteiger partial charge in [-0.15, -0.1) is 0 Å². The van der Waals surface area contributed by atoms with E-state index >= 15 is 0 Å². The molecule has 0 bridgehead atoms. The van der Waals surface area contributed by atoms with Gasteiger partial charge in [-0.05, 0) is 38.0 Å². The van der Waals surface area contributed by atoms with Crippen LogP contribution in [0.4, 0.5) is 0 Å². The molecule has 2 N–H and O–H groups in total. The highest BCUT2D eigenvalue weighted by atomic mass is 16.7. The van der Waals surface area contributed by atoms with Crippen molar-refractivity contribution in [1.29, 1.82) is 0 Å². The Bertz CT molecular complexity index is 886. The zero-order chi connectivity index (χ0) is 17.7. The molecule has 25 heavy (non-hydrogen) atoms. The highest BCUT2D eigenvalue weighted by molar-refractivity contribution is 6.05. The van der Waals surface area contributed by atoms with Gasteiger partial charge in [-0.1, -0.05) is 6.07 Å². The molecule has 0 unspecified atom stereocenters. The molecule has 0 spiro atoms.